The minimum absolute atomic E-state index is 0.649. The van der Waals surface area contributed by atoms with Crippen molar-refractivity contribution in [3.05, 3.63) is 17.2 Å². The molecule has 1 aromatic rings. The number of aromatic nitrogens is 2. The van der Waals surface area contributed by atoms with Crippen molar-refractivity contribution in [1.82, 2.24) is 19.8 Å². The molecule has 1 saturated carbocycles. The third kappa shape index (κ3) is 2.76. The fraction of sp³-hybridized carbons (Fsp3) is 0.824. The van der Waals surface area contributed by atoms with Crippen LogP contribution in [0.3, 0.4) is 0 Å². The molecule has 0 radical (unpaired) electrons. The molecule has 2 aliphatic heterocycles. The Bertz CT molecular complexity index is 497. The van der Waals surface area contributed by atoms with E-state index in [1.54, 1.807) is 0 Å². The van der Waals surface area contributed by atoms with E-state index in [0.717, 1.165) is 32.0 Å². The summed E-state index contributed by atoms with van der Waals surface area (Å²) in [5.41, 5.74) is 2.86. The number of nitrogens with one attached hydrogen (secondary N) is 1. The fourth-order valence-electron chi connectivity index (χ4n) is 3.99. The Morgan fingerprint density at radius 1 is 1.24 bits per heavy atom. The van der Waals surface area contributed by atoms with Gasteiger partial charge in [0.15, 0.2) is 0 Å². The van der Waals surface area contributed by atoms with Gasteiger partial charge < -0.3 is 9.88 Å². The largest absolute Gasteiger partial charge is 0.330 e. The van der Waals surface area contributed by atoms with Crippen molar-refractivity contribution in [3.8, 4) is 0 Å². The van der Waals surface area contributed by atoms with Crippen molar-refractivity contribution >= 4 is 0 Å². The van der Waals surface area contributed by atoms with E-state index in [-0.39, 0.29) is 0 Å². The van der Waals surface area contributed by atoms with Crippen molar-refractivity contribution in [2.45, 2.75) is 70.5 Å². The molecule has 1 aromatic heterocycles. The summed E-state index contributed by atoms with van der Waals surface area (Å²) in [4.78, 5) is 7.68. The summed E-state index contributed by atoms with van der Waals surface area (Å²) in [5, 5.41) is 3.47. The summed E-state index contributed by atoms with van der Waals surface area (Å²) < 4.78 is 2.60. The maximum absolute atomic E-state index is 4.99. The van der Waals surface area contributed by atoms with E-state index in [4.69, 9.17) is 4.98 Å². The maximum Gasteiger partial charge on any atom is 0.112 e. The number of imidazole rings is 1. The zero-order valence-electron chi connectivity index (χ0n) is 13.3. The highest BCUT2D eigenvalue weighted by Gasteiger charge is 2.32. The second kappa shape index (κ2) is 5.73. The number of nitrogens with zero attached hydrogens (tertiary/aromatic N) is 3. The first-order valence-electron chi connectivity index (χ1n) is 8.86. The highest BCUT2D eigenvalue weighted by Crippen LogP contribution is 2.40. The van der Waals surface area contributed by atoms with Gasteiger partial charge in [0.25, 0.3) is 0 Å². The monoisotopic (exact) mass is 288 g/mol. The Kier molecular flexibility index (Phi) is 3.76. The van der Waals surface area contributed by atoms with Crippen molar-refractivity contribution in [3.63, 3.8) is 0 Å². The van der Waals surface area contributed by atoms with Crippen molar-refractivity contribution in [2.24, 2.45) is 0 Å². The predicted octanol–water partition coefficient (Wildman–Crippen LogP) is 2.28. The van der Waals surface area contributed by atoms with Gasteiger partial charge >= 0.3 is 0 Å². The fourth-order valence-corrected chi connectivity index (χ4v) is 3.99. The molecule has 4 heteroatoms. The summed E-state index contributed by atoms with van der Waals surface area (Å²) in [5.74, 6) is 2.15. The first-order valence-corrected chi connectivity index (χ1v) is 8.86. The molecule has 1 aliphatic carbocycles. The molecule has 4 nitrogen and oxygen atoms in total. The molecule has 1 atom stereocenters. The van der Waals surface area contributed by atoms with Gasteiger partial charge in [0, 0.05) is 43.7 Å². The van der Waals surface area contributed by atoms with E-state index >= 15 is 0 Å². The average molecular weight is 288 g/mol. The van der Waals surface area contributed by atoms with E-state index in [2.05, 4.69) is 21.7 Å². The summed E-state index contributed by atoms with van der Waals surface area (Å²) in [7, 11) is 0. The van der Waals surface area contributed by atoms with Gasteiger partial charge in [-0.3, -0.25) is 4.90 Å². The summed E-state index contributed by atoms with van der Waals surface area (Å²) >= 11 is 0. The van der Waals surface area contributed by atoms with Crippen LogP contribution < -0.4 is 5.32 Å². The summed E-state index contributed by atoms with van der Waals surface area (Å²) in [6.45, 7) is 8.22. The zero-order chi connectivity index (χ0) is 14.2. The Morgan fingerprint density at radius 3 is 2.81 bits per heavy atom. The smallest absolute Gasteiger partial charge is 0.112 e. The third-order valence-corrected chi connectivity index (χ3v) is 5.42. The molecule has 116 valence electrons. The lowest BCUT2D eigenvalue weighted by molar-refractivity contribution is 0.158. The van der Waals surface area contributed by atoms with E-state index in [9.17, 15) is 0 Å². The number of hydrogen-bond donors (Lipinski definition) is 1. The summed E-state index contributed by atoms with van der Waals surface area (Å²) in [6, 6.07) is 0.649. The molecule has 3 heterocycles. The van der Waals surface area contributed by atoms with Gasteiger partial charge in [-0.1, -0.05) is 6.42 Å². The second-order valence-electron chi connectivity index (χ2n) is 7.12. The predicted molar refractivity (Wildman–Crippen MR) is 84.5 cm³/mol. The van der Waals surface area contributed by atoms with E-state index < -0.39 is 0 Å². The number of piperidine rings is 1. The van der Waals surface area contributed by atoms with Crippen LogP contribution in [-0.4, -0.2) is 40.1 Å². The first-order chi connectivity index (χ1) is 10.3. The van der Waals surface area contributed by atoms with Crippen LogP contribution in [0.1, 0.15) is 62.2 Å². The topological polar surface area (TPSA) is 33.1 Å². The quantitative estimate of drug-likeness (QED) is 0.923. The lowest BCUT2D eigenvalue weighted by Gasteiger charge is -2.33. The summed E-state index contributed by atoms with van der Waals surface area (Å²) in [6.07, 6.45) is 8.03. The Labute approximate surface area is 127 Å². The van der Waals surface area contributed by atoms with Gasteiger partial charge in [-0.25, -0.2) is 4.98 Å². The van der Waals surface area contributed by atoms with Crippen LogP contribution in [0.2, 0.25) is 0 Å². The van der Waals surface area contributed by atoms with Crippen LogP contribution in [0.4, 0.5) is 0 Å². The molecular weight excluding hydrogens is 260 g/mol. The lowest BCUT2D eigenvalue weighted by atomic mass is 10.1. The molecular formula is C17H28N4. The third-order valence-electron chi connectivity index (χ3n) is 5.42. The van der Waals surface area contributed by atoms with E-state index in [1.807, 2.05) is 0 Å². The minimum Gasteiger partial charge on any atom is -0.330 e. The van der Waals surface area contributed by atoms with Crippen molar-refractivity contribution in [1.29, 1.82) is 0 Å². The van der Waals surface area contributed by atoms with Crippen molar-refractivity contribution < 1.29 is 0 Å². The molecule has 0 amide bonds. The Morgan fingerprint density at radius 2 is 2.05 bits per heavy atom. The highest BCUT2D eigenvalue weighted by atomic mass is 15.2. The molecule has 1 N–H and O–H groups in total. The molecule has 0 bridgehead atoms. The van der Waals surface area contributed by atoms with Gasteiger partial charge in [0.2, 0.25) is 0 Å². The average Bonchev–Trinajstić information content (AvgIpc) is 3.32. The molecule has 1 unspecified atom stereocenters. The lowest BCUT2D eigenvalue weighted by Crippen LogP contribution is -2.40. The first kappa shape index (κ1) is 13.8. The molecule has 0 aromatic carbocycles. The van der Waals surface area contributed by atoms with E-state index in [0.29, 0.717) is 6.04 Å². The van der Waals surface area contributed by atoms with Crippen LogP contribution >= 0.6 is 0 Å². The van der Waals surface area contributed by atoms with Gasteiger partial charge in [-0.2, -0.15) is 0 Å². The van der Waals surface area contributed by atoms with Crippen LogP contribution in [0.25, 0.3) is 0 Å². The highest BCUT2D eigenvalue weighted by molar-refractivity contribution is 5.24. The SMILES string of the molecule is CC(Cn1c(C2CC2)nc2c1CCNC2)N1CCCCC1. The van der Waals surface area contributed by atoms with Crippen molar-refractivity contribution in [2.75, 3.05) is 19.6 Å². The Balaban J connectivity index is 1.56. The van der Waals surface area contributed by atoms with Crippen LogP contribution in [0.15, 0.2) is 0 Å². The van der Waals surface area contributed by atoms with Gasteiger partial charge in [0.1, 0.15) is 5.82 Å². The molecule has 1 saturated heterocycles. The standard InChI is InChI=1S/C17H28N4/c1-13(20-9-3-2-4-10-20)12-21-16-7-8-18-11-15(16)19-17(21)14-5-6-14/h13-14,18H,2-12H2,1H3. The zero-order valence-corrected chi connectivity index (χ0v) is 13.3. The number of hydrogen-bond acceptors (Lipinski definition) is 3. The van der Waals surface area contributed by atoms with E-state index in [1.165, 1.54) is 62.4 Å². The number of rotatable bonds is 4. The molecule has 2 fully saturated rings. The number of likely N-dealkylation sites (tertiary alicyclic amines) is 1. The molecule has 0 spiro atoms. The van der Waals surface area contributed by atoms with Crippen LogP contribution in [0.5, 0.6) is 0 Å². The second-order valence-corrected chi connectivity index (χ2v) is 7.12. The van der Waals surface area contributed by atoms with Crippen LogP contribution in [-0.2, 0) is 19.5 Å². The Hall–Kier alpha value is -0.870. The normalized spacial score (nSPS) is 24.8. The minimum atomic E-state index is 0.649. The van der Waals surface area contributed by atoms with Gasteiger partial charge in [-0.05, 0) is 45.7 Å². The molecule has 21 heavy (non-hydrogen) atoms. The van der Waals surface area contributed by atoms with Crippen LogP contribution in [0, 0.1) is 0 Å². The maximum atomic E-state index is 4.99. The molecule has 3 aliphatic rings. The molecule has 4 rings (SSSR count). The van der Waals surface area contributed by atoms with Gasteiger partial charge in [0.05, 0.1) is 5.69 Å². The number of fused-ring (bicyclic) bond motifs is 1. The van der Waals surface area contributed by atoms with Gasteiger partial charge in [-0.15, -0.1) is 0 Å².